The van der Waals surface area contributed by atoms with Gasteiger partial charge in [0.05, 0.1) is 18.8 Å². The number of nitrogens with zero attached hydrogens (tertiary/aromatic N) is 3. The average molecular weight is 290 g/mol. The molecule has 0 unspecified atom stereocenters. The summed E-state index contributed by atoms with van der Waals surface area (Å²) in [6.07, 6.45) is 3.59. The van der Waals surface area contributed by atoms with E-state index >= 15 is 0 Å². The van der Waals surface area contributed by atoms with Crippen molar-refractivity contribution in [1.82, 2.24) is 20.3 Å². The van der Waals surface area contributed by atoms with Gasteiger partial charge in [0, 0.05) is 22.5 Å². The van der Waals surface area contributed by atoms with Gasteiger partial charge in [-0.15, -0.1) is 27.8 Å². The van der Waals surface area contributed by atoms with E-state index in [0.29, 0.717) is 0 Å². The Kier molecular flexibility index (Phi) is 4.02. The lowest BCUT2D eigenvalue weighted by atomic mass is 10.2. The van der Waals surface area contributed by atoms with Crippen LogP contribution in [-0.2, 0) is 6.54 Å². The first-order valence-electron chi connectivity index (χ1n) is 6.08. The quantitative estimate of drug-likeness (QED) is 0.759. The Morgan fingerprint density at radius 1 is 1.16 bits per heavy atom. The molecule has 6 heteroatoms. The largest absolute Gasteiger partial charge is 0.303 e. The van der Waals surface area contributed by atoms with Crippen molar-refractivity contribution in [3.8, 4) is 0 Å². The lowest BCUT2D eigenvalue weighted by molar-refractivity contribution is 0.518. The maximum Gasteiger partial charge on any atom is 0.0765 e. The molecule has 0 spiro atoms. The molecule has 1 N–H and O–H groups in total. The summed E-state index contributed by atoms with van der Waals surface area (Å²) in [5.74, 6) is 0. The molecule has 0 aliphatic rings. The average Bonchev–Trinajstić information content (AvgIpc) is 3.15. The molecule has 98 valence electrons. The maximum absolute atomic E-state index is 3.97. The lowest BCUT2D eigenvalue weighted by Crippen LogP contribution is -2.25. The number of hydrogen-bond donors (Lipinski definition) is 1. The topological polar surface area (TPSA) is 42.7 Å². The smallest absolute Gasteiger partial charge is 0.0765 e. The molecule has 0 saturated heterocycles. The third-order valence-electron chi connectivity index (χ3n) is 2.82. The van der Waals surface area contributed by atoms with Gasteiger partial charge in [-0.25, -0.2) is 0 Å². The second kappa shape index (κ2) is 6.10. The predicted octanol–water partition coefficient (Wildman–Crippen LogP) is 2.78. The van der Waals surface area contributed by atoms with Gasteiger partial charge in [-0.05, 0) is 22.9 Å². The summed E-state index contributed by atoms with van der Waals surface area (Å²) in [6, 6.07) is 8.83. The van der Waals surface area contributed by atoms with E-state index in [2.05, 4.69) is 50.7 Å². The monoisotopic (exact) mass is 290 g/mol. The zero-order valence-electron chi connectivity index (χ0n) is 10.3. The van der Waals surface area contributed by atoms with Gasteiger partial charge in [-0.2, -0.15) is 0 Å². The summed E-state index contributed by atoms with van der Waals surface area (Å²) in [7, 11) is 0. The van der Waals surface area contributed by atoms with Crippen molar-refractivity contribution in [2.45, 2.75) is 12.6 Å². The molecule has 3 aromatic heterocycles. The molecule has 4 nitrogen and oxygen atoms in total. The molecule has 3 heterocycles. The molecule has 0 aliphatic heterocycles. The highest BCUT2D eigenvalue weighted by Crippen LogP contribution is 2.28. The van der Waals surface area contributed by atoms with E-state index in [-0.39, 0.29) is 6.04 Å². The van der Waals surface area contributed by atoms with Crippen LogP contribution in [0.5, 0.6) is 0 Å². The summed E-state index contributed by atoms with van der Waals surface area (Å²) < 4.78 is 1.84. The first-order valence-corrected chi connectivity index (χ1v) is 7.84. The van der Waals surface area contributed by atoms with Gasteiger partial charge in [0.1, 0.15) is 0 Å². The van der Waals surface area contributed by atoms with E-state index < -0.39 is 0 Å². The van der Waals surface area contributed by atoms with Crippen LogP contribution in [0.4, 0.5) is 0 Å². The molecule has 0 bridgehead atoms. The van der Waals surface area contributed by atoms with Crippen molar-refractivity contribution < 1.29 is 0 Å². The van der Waals surface area contributed by atoms with Crippen LogP contribution in [0.1, 0.15) is 15.8 Å². The third kappa shape index (κ3) is 3.09. The van der Waals surface area contributed by atoms with Gasteiger partial charge in [0.15, 0.2) is 0 Å². The Morgan fingerprint density at radius 3 is 2.42 bits per heavy atom. The minimum Gasteiger partial charge on any atom is -0.303 e. The fraction of sp³-hybridized carbons (Fsp3) is 0.231. The second-order valence-electron chi connectivity index (χ2n) is 4.08. The third-order valence-corrected chi connectivity index (χ3v) is 4.69. The molecule has 19 heavy (non-hydrogen) atoms. The normalized spacial score (nSPS) is 11.2. The van der Waals surface area contributed by atoms with E-state index in [9.17, 15) is 0 Å². The second-order valence-corrected chi connectivity index (χ2v) is 6.04. The molecule has 0 radical (unpaired) electrons. The van der Waals surface area contributed by atoms with Crippen LogP contribution in [-0.4, -0.2) is 21.5 Å². The summed E-state index contributed by atoms with van der Waals surface area (Å²) in [4.78, 5) is 2.70. The zero-order chi connectivity index (χ0) is 12.9. The summed E-state index contributed by atoms with van der Waals surface area (Å²) in [6.45, 7) is 1.69. The highest BCUT2D eigenvalue weighted by Gasteiger charge is 2.15. The highest BCUT2D eigenvalue weighted by atomic mass is 32.1. The Morgan fingerprint density at radius 2 is 1.89 bits per heavy atom. The molecule has 0 atom stereocenters. The highest BCUT2D eigenvalue weighted by molar-refractivity contribution is 7.11. The van der Waals surface area contributed by atoms with Crippen molar-refractivity contribution in [3.63, 3.8) is 0 Å². The Hall–Kier alpha value is -1.50. The van der Waals surface area contributed by atoms with Crippen molar-refractivity contribution in [1.29, 1.82) is 0 Å². The first-order chi connectivity index (χ1) is 9.43. The first kappa shape index (κ1) is 12.5. The molecule has 0 amide bonds. The summed E-state index contributed by atoms with van der Waals surface area (Å²) in [5, 5.41) is 15.6. The van der Waals surface area contributed by atoms with Gasteiger partial charge in [0.2, 0.25) is 0 Å². The van der Waals surface area contributed by atoms with Crippen LogP contribution in [0.25, 0.3) is 0 Å². The maximum atomic E-state index is 3.97. The van der Waals surface area contributed by atoms with Crippen LogP contribution in [0.3, 0.4) is 0 Å². The van der Waals surface area contributed by atoms with Crippen molar-refractivity contribution >= 4 is 22.7 Å². The molecule has 0 aromatic carbocycles. The lowest BCUT2D eigenvalue weighted by Gasteiger charge is -2.16. The number of nitrogens with one attached hydrogen (secondary N) is 1. The van der Waals surface area contributed by atoms with Crippen LogP contribution in [0.15, 0.2) is 47.4 Å². The molecular weight excluding hydrogens is 276 g/mol. The fourth-order valence-corrected chi connectivity index (χ4v) is 3.64. The van der Waals surface area contributed by atoms with Crippen molar-refractivity contribution in [3.05, 3.63) is 57.2 Å². The van der Waals surface area contributed by atoms with Crippen LogP contribution in [0, 0.1) is 0 Å². The van der Waals surface area contributed by atoms with Crippen LogP contribution < -0.4 is 5.32 Å². The van der Waals surface area contributed by atoms with Crippen molar-refractivity contribution in [2.75, 3.05) is 6.54 Å². The molecule has 0 aliphatic carbocycles. The number of hydrogen-bond acceptors (Lipinski definition) is 5. The molecule has 0 saturated carbocycles. The number of thiophene rings is 2. The van der Waals surface area contributed by atoms with Gasteiger partial charge in [-0.3, -0.25) is 4.68 Å². The zero-order valence-corrected chi connectivity index (χ0v) is 11.9. The minimum atomic E-state index is 0.281. The van der Waals surface area contributed by atoms with Gasteiger partial charge < -0.3 is 5.32 Å². The van der Waals surface area contributed by atoms with E-state index in [0.717, 1.165) is 13.1 Å². The molecular formula is C13H14N4S2. The SMILES string of the molecule is c1csc(C(NCCn2ccnn2)c2cccs2)c1. The predicted molar refractivity (Wildman–Crippen MR) is 78.5 cm³/mol. The Labute approximate surface area is 119 Å². The van der Waals surface area contributed by atoms with Crippen LogP contribution >= 0.6 is 22.7 Å². The molecule has 0 fully saturated rings. The Bertz CT molecular complexity index is 538. The van der Waals surface area contributed by atoms with Crippen molar-refractivity contribution in [2.24, 2.45) is 0 Å². The van der Waals surface area contributed by atoms with E-state index in [1.54, 1.807) is 28.9 Å². The number of rotatable bonds is 6. The standard InChI is InChI=1S/C13H14N4S2/c1-3-11(18-9-1)13(12-4-2-10-19-12)14-5-7-17-8-6-15-16-17/h1-4,6,8-10,13-14H,5,7H2. The van der Waals surface area contributed by atoms with Gasteiger partial charge in [0.25, 0.3) is 0 Å². The van der Waals surface area contributed by atoms with Crippen LogP contribution in [0.2, 0.25) is 0 Å². The van der Waals surface area contributed by atoms with Gasteiger partial charge in [-0.1, -0.05) is 17.3 Å². The Balaban J connectivity index is 1.67. The van der Waals surface area contributed by atoms with E-state index in [4.69, 9.17) is 0 Å². The molecule has 3 aromatic rings. The summed E-state index contributed by atoms with van der Waals surface area (Å²) in [5.41, 5.74) is 0. The van der Waals surface area contributed by atoms with E-state index in [1.165, 1.54) is 9.75 Å². The van der Waals surface area contributed by atoms with E-state index in [1.807, 2.05) is 10.9 Å². The number of aromatic nitrogens is 3. The molecule has 3 rings (SSSR count). The van der Waals surface area contributed by atoms with Gasteiger partial charge >= 0.3 is 0 Å². The fourth-order valence-electron chi connectivity index (χ4n) is 1.93. The minimum absolute atomic E-state index is 0.281. The summed E-state index contributed by atoms with van der Waals surface area (Å²) >= 11 is 3.57.